The van der Waals surface area contributed by atoms with E-state index in [2.05, 4.69) is 10.2 Å². The Bertz CT molecular complexity index is 542. The van der Waals surface area contributed by atoms with E-state index in [-0.39, 0.29) is 0 Å². The van der Waals surface area contributed by atoms with Crippen molar-refractivity contribution in [3.05, 3.63) is 53.7 Å². The molecular weight excluding hydrogens is 244 g/mol. The van der Waals surface area contributed by atoms with Crippen molar-refractivity contribution in [1.29, 1.82) is 0 Å². The molecule has 2 aromatic rings. The number of hydrogen-bond acceptors (Lipinski definition) is 4. The van der Waals surface area contributed by atoms with Crippen LogP contribution in [0.15, 0.2) is 42.6 Å². The number of thiocarbonyl (C=S) groups is 1. The first kappa shape index (κ1) is 12.4. The van der Waals surface area contributed by atoms with E-state index in [0.29, 0.717) is 4.99 Å². The van der Waals surface area contributed by atoms with Gasteiger partial charge in [-0.15, -0.1) is 5.10 Å². The lowest BCUT2D eigenvalue weighted by Gasteiger charge is -2.17. The fourth-order valence-electron chi connectivity index (χ4n) is 1.67. The van der Waals surface area contributed by atoms with Gasteiger partial charge in [-0.05, 0) is 23.8 Å². The molecule has 1 aromatic carbocycles. The summed E-state index contributed by atoms with van der Waals surface area (Å²) in [5.41, 5.74) is 7.64. The molecule has 0 spiro atoms. The van der Waals surface area contributed by atoms with Gasteiger partial charge in [-0.25, -0.2) is 0 Å². The van der Waals surface area contributed by atoms with Crippen molar-refractivity contribution in [2.45, 2.75) is 6.54 Å². The Labute approximate surface area is 111 Å². The van der Waals surface area contributed by atoms with E-state index < -0.39 is 0 Å². The molecule has 0 aliphatic rings. The van der Waals surface area contributed by atoms with Crippen molar-refractivity contribution in [2.75, 3.05) is 11.9 Å². The van der Waals surface area contributed by atoms with Gasteiger partial charge in [-0.3, -0.25) is 0 Å². The molecule has 2 rings (SSSR count). The third-order valence-corrected chi connectivity index (χ3v) is 2.82. The number of nitrogens with zero attached hydrogens (tertiary/aromatic N) is 3. The van der Waals surface area contributed by atoms with Gasteiger partial charge in [0.15, 0.2) is 5.82 Å². The predicted molar refractivity (Wildman–Crippen MR) is 76.5 cm³/mol. The molecule has 4 nitrogen and oxygen atoms in total. The molecule has 18 heavy (non-hydrogen) atoms. The third-order valence-electron chi connectivity index (χ3n) is 2.58. The molecule has 0 bridgehead atoms. The van der Waals surface area contributed by atoms with Crippen LogP contribution in [0.25, 0.3) is 0 Å². The Morgan fingerprint density at radius 1 is 1.33 bits per heavy atom. The number of hydrogen-bond donors (Lipinski definition) is 1. The van der Waals surface area contributed by atoms with Crippen molar-refractivity contribution >= 4 is 23.0 Å². The molecule has 0 saturated carbocycles. The highest BCUT2D eigenvalue weighted by molar-refractivity contribution is 7.80. The highest BCUT2D eigenvalue weighted by atomic mass is 32.1. The Morgan fingerprint density at radius 3 is 2.83 bits per heavy atom. The first-order valence-corrected chi connectivity index (χ1v) is 5.95. The van der Waals surface area contributed by atoms with Gasteiger partial charge in [0.1, 0.15) is 4.99 Å². The van der Waals surface area contributed by atoms with E-state index in [1.807, 2.05) is 48.3 Å². The highest BCUT2D eigenvalue weighted by Gasteiger charge is 2.04. The topological polar surface area (TPSA) is 55.0 Å². The van der Waals surface area contributed by atoms with E-state index in [1.54, 1.807) is 6.20 Å². The Kier molecular flexibility index (Phi) is 3.84. The monoisotopic (exact) mass is 258 g/mol. The second-order valence-corrected chi connectivity index (χ2v) is 4.44. The lowest BCUT2D eigenvalue weighted by Crippen LogP contribution is -2.18. The molecule has 92 valence electrons. The number of nitrogens with two attached hydrogens (primary N) is 1. The lowest BCUT2D eigenvalue weighted by molar-refractivity contribution is 0.866. The fourth-order valence-corrected chi connectivity index (χ4v) is 1.80. The van der Waals surface area contributed by atoms with E-state index in [1.165, 1.54) is 0 Å². The van der Waals surface area contributed by atoms with Gasteiger partial charge in [0.25, 0.3) is 0 Å². The molecule has 5 heteroatoms. The van der Waals surface area contributed by atoms with Gasteiger partial charge in [0, 0.05) is 25.4 Å². The highest BCUT2D eigenvalue weighted by Crippen LogP contribution is 2.12. The third kappa shape index (κ3) is 3.01. The van der Waals surface area contributed by atoms with Crippen LogP contribution in [0.5, 0.6) is 0 Å². The van der Waals surface area contributed by atoms with Gasteiger partial charge >= 0.3 is 0 Å². The molecule has 0 amide bonds. The zero-order valence-corrected chi connectivity index (χ0v) is 10.9. The van der Waals surface area contributed by atoms with Crippen LogP contribution in [0.4, 0.5) is 5.82 Å². The van der Waals surface area contributed by atoms with Crippen molar-refractivity contribution < 1.29 is 0 Å². The molecule has 0 fully saturated rings. The summed E-state index contributed by atoms with van der Waals surface area (Å²) < 4.78 is 0. The quantitative estimate of drug-likeness (QED) is 0.847. The van der Waals surface area contributed by atoms with Crippen LogP contribution < -0.4 is 10.6 Å². The van der Waals surface area contributed by atoms with Crippen LogP contribution in [0.3, 0.4) is 0 Å². The maximum absolute atomic E-state index is 5.62. The summed E-state index contributed by atoms with van der Waals surface area (Å²) in [4.78, 5) is 2.44. The molecule has 2 N–H and O–H groups in total. The molecule has 0 aliphatic carbocycles. The van der Waals surface area contributed by atoms with Crippen LogP contribution in [0.2, 0.25) is 0 Å². The van der Waals surface area contributed by atoms with Crippen molar-refractivity contribution in [3.8, 4) is 0 Å². The first-order valence-electron chi connectivity index (χ1n) is 5.54. The minimum absolute atomic E-state index is 0.416. The van der Waals surface area contributed by atoms with E-state index >= 15 is 0 Å². The Morgan fingerprint density at radius 2 is 2.17 bits per heavy atom. The summed E-state index contributed by atoms with van der Waals surface area (Å²) in [7, 11) is 1.97. The van der Waals surface area contributed by atoms with Crippen LogP contribution >= 0.6 is 12.2 Å². The van der Waals surface area contributed by atoms with Crippen LogP contribution in [0.1, 0.15) is 11.1 Å². The van der Waals surface area contributed by atoms with Crippen molar-refractivity contribution in [3.63, 3.8) is 0 Å². The zero-order chi connectivity index (χ0) is 13.0. The largest absolute Gasteiger partial charge is 0.389 e. The Balaban J connectivity index is 2.14. The minimum Gasteiger partial charge on any atom is -0.389 e. The van der Waals surface area contributed by atoms with Gasteiger partial charge in [-0.2, -0.15) is 5.10 Å². The predicted octanol–water partition coefficient (Wildman–Crippen LogP) is 1.75. The average molecular weight is 258 g/mol. The average Bonchev–Trinajstić information content (AvgIpc) is 2.40. The van der Waals surface area contributed by atoms with Gasteiger partial charge in [0.2, 0.25) is 0 Å². The zero-order valence-electron chi connectivity index (χ0n) is 10.1. The summed E-state index contributed by atoms with van der Waals surface area (Å²) in [5, 5.41) is 7.92. The maximum atomic E-state index is 5.62. The van der Waals surface area contributed by atoms with Gasteiger partial charge < -0.3 is 10.6 Å². The SMILES string of the molecule is CN(Cc1cccc(C(N)=S)c1)c1cccnn1. The summed E-state index contributed by atoms with van der Waals surface area (Å²) in [6.07, 6.45) is 1.66. The standard InChI is InChI=1S/C13H14N4S/c1-17(12-6-3-7-15-16-12)9-10-4-2-5-11(8-10)13(14)18/h2-8H,9H2,1H3,(H2,14,18). The minimum atomic E-state index is 0.416. The van der Waals surface area contributed by atoms with Crippen molar-refractivity contribution in [1.82, 2.24) is 10.2 Å². The lowest BCUT2D eigenvalue weighted by atomic mass is 10.1. The number of benzene rings is 1. The Hall–Kier alpha value is -2.01. The van der Waals surface area contributed by atoms with E-state index in [9.17, 15) is 0 Å². The molecule has 0 saturated heterocycles. The molecule has 1 heterocycles. The molecule has 0 atom stereocenters. The van der Waals surface area contributed by atoms with Crippen LogP contribution in [-0.4, -0.2) is 22.2 Å². The normalized spacial score (nSPS) is 10.1. The number of aromatic nitrogens is 2. The van der Waals surface area contributed by atoms with Crippen molar-refractivity contribution in [2.24, 2.45) is 5.73 Å². The second kappa shape index (κ2) is 5.55. The smallest absolute Gasteiger partial charge is 0.151 e. The summed E-state index contributed by atoms with van der Waals surface area (Å²) in [6, 6.07) is 11.7. The molecular formula is C13H14N4S. The van der Waals surface area contributed by atoms with Crippen LogP contribution in [-0.2, 0) is 6.54 Å². The van der Waals surface area contributed by atoms with Gasteiger partial charge in [0.05, 0.1) is 0 Å². The number of rotatable bonds is 4. The van der Waals surface area contributed by atoms with Gasteiger partial charge in [-0.1, -0.05) is 30.4 Å². The summed E-state index contributed by atoms with van der Waals surface area (Å²) >= 11 is 4.97. The maximum Gasteiger partial charge on any atom is 0.151 e. The van der Waals surface area contributed by atoms with Crippen LogP contribution in [0, 0.1) is 0 Å². The number of anilines is 1. The molecule has 0 aliphatic heterocycles. The van der Waals surface area contributed by atoms with E-state index in [4.69, 9.17) is 18.0 Å². The summed E-state index contributed by atoms with van der Waals surface area (Å²) in [6.45, 7) is 0.731. The molecule has 0 radical (unpaired) electrons. The fraction of sp³-hybridized carbons (Fsp3) is 0.154. The molecule has 1 aromatic heterocycles. The summed E-state index contributed by atoms with van der Waals surface area (Å²) in [5.74, 6) is 0.832. The van der Waals surface area contributed by atoms with E-state index in [0.717, 1.165) is 23.5 Å². The second-order valence-electron chi connectivity index (χ2n) is 4.00. The molecule has 0 unspecified atom stereocenters. The first-order chi connectivity index (χ1) is 8.66.